The van der Waals surface area contributed by atoms with Crippen LogP contribution in [0.5, 0.6) is 0 Å². The molecule has 2 N–H and O–H groups in total. The minimum absolute atomic E-state index is 0.722. The molecule has 1 heterocycles. The fourth-order valence-corrected chi connectivity index (χ4v) is 1.87. The van der Waals surface area contributed by atoms with Crippen molar-refractivity contribution < 1.29 is 0 Å². The second-order valence-corrected chi connectivity index (χ2v) is 4.02. The molecule has 2 fully saturated rings. The summed E-state index contributed by atoms with van der Waals surface area (Å²) >= 11 is 0. The lowest BCUT2D eigenvalue weighted by Gasteiger charge is -2.28. The first kappa shape index (κ1) is 7.56. The highest BCUT2D eigenvalue weighted by molar-refractivity contribution is 4.88. The molecule has 1 aliphatic carbocycles. The van der Waals surface area contributed by atoms with Crippen molar-refractivity contribution in [1.82, 2.24) is 10.6 Å². The van der Waals surface area contributed by atoms with E-state index in [0.29, 0.717) is 0 Å². The predicted octanol–water partition coefficient (Wildman–Crippen LogP) is 0.879. The molecule has 2 nitrogen and oxygen atoms in total. The van der Waals surface area contributed by atoms with E-state index in [4.69, 9.17) is 0 Å². The van der Waals surface area contributed by atoms with Crippen LogP contribution in [0.25, 0.3) is 0 Å². The molecule has 2 aliphatic rings. The van der Waals surface area contributed by atoms with Crippen LogP contribution in [0.3, 0.4) is 0 Å². The standard InChI is InChI=1S/C9H18N2/c1-7-6-9(4-5-10-7)11-8-2-3-8/h7-11H,2-6H2,1H3. The van der Waals surface area contributed by atoms with E-state index in [9.17, 15) is 0 Å². The number of piperidine rings is 1. The highest BCUT2D eigenvalue weighted by Crippen LogP contribution is 2.21. The zero-order valence-electron chi connectivity index (χ0n) is 7.27. The average Bonchev–Trinajstić information content (AvgIpc) is 2.71. The van der Waals surface area contributed by atoms with Gasteiger partial charge in [-0.05, 0) is 39.2 Å². The summed E-state index contributed by atoms with van der Waals surface area (Å²) in [5.41, 5.74) is 0. The van der Waals surface area contributed by atoms with E-state index < -0.39 is 0 Å². The van der Waals surface area contributed by atoms with Gasteiger partial charge in [0.1, 0.15) is 0 Å². The molecular formula is C9H18N2. The van der Waals surface area contributed by atoms with Crippen LogP contribution in [-0.4, -0.2) is 24.7 Å². The maximum Gasteiger partial charge on any atom is 0.00964 e. The highest BCUT2D eigenvalue weighted by Gasteiger charge is 2.26. The molecule has 0 amide bonds. The Bertz CT molecular complexity index is 130. The van der Waals surface area contributed by atoms with Crippen molar-refractivity contribution in [2.45, 2.75) is 50.7 Å². The molecule has 1 saturated heterocycles. The molecule has 2 atom stereocenters. The molecular weight excluding hydrogens is 136 g/mol. The van der Waals surface area contributed by atoms with Crippen LogP contribution in [0.15, 0.2) is 0 Å². The Morgan fingerprint density at radius 2 is 2.00 bits per heavy atom. The fourth-order valence-electron chi connectivity index (χ4n) is 1.87. The summed E-state index contributed by atoms with van der Waals surface area (Å²) in [6.07, 6.45) is 5.47. The Morgan fingerprint density at radius 1 is 1.18 bits per heavy atom. The van der Waals surface area contributed by atoms with Gasteiger partial charge in [-0.3, -0.25) is 0 Å². The lowest BCUT2D eigenvalue weighted by molar-refractivity contribution is 0.331. The van der Waals surface area contributed by atoms with E-state index in [1.165, 1.54) is 32.2 Å². The van der Waals surface area contributed by atoms with Gasteiger partial charge in [0.2, 0.25) is 0 Å². The molecule has 64 valence electrons. The minimum atomic E-state index is 0.722. The van der Waals surface area contributed by atoms with E-state index >= 15 is 0 Å². The molecule has 2 heteroatoms. The van der Waals surface area contributed by atoms with Crippen molar-refractivity contribution in [3.8, 4) is 0 Å². The summed E-state index contributed by atoms with van der Waals surface area (Å²) in [5, 5.41) is 7.15. The predicted molar refractivity (Wildman–Crippen MR) is 46.6 cm³/mol. The van der Waals surface area contributed by atoms with E-state index in [1.54, 1.807) is 0 Å². The van der Waals surface area contributed by atoms with Crippen LogP contribution in [0, 0.1) is 0 Å². The summed E-state index contributed by atoms with van der Waals surface area (Å²) in [6.45, 7) is 3.48. The van der Waals surface area contributed by atoms with E-state index in [-0.39, 0.29) is 0 Å². The number of rotatable bonds is 2. The van der Waals surface area contributed by atoms with Gasteiger partial charge in [-0.15, -0.1) is 0 Å². The van der Waals surface area contributed by atoms with Crippen molar-refractivity contribution >= 4 is 0 Å². The quantitative estimate of drug-likeness (QED) is 0.617. The van der Waals surface area contributed by atoms with Gasteiger partial charge in [0.25, 0.3) is 0 Å². The van der Waals surface area contributed by atoms with Crippen LogP contribution in [0.1, 0.15) is 32.6 Å². The van der Waals surface area contributed by atoms with Gasteiger partial charge >= 0.3 is 0 Å². The van der Waals surface area contributed by atoms with Gasteiger partial charge in [-0.25, -0.2) is 0 Å². The zero-order chi connectivity index (χ0) is 7.68. The molecule has 0 radical (unpaired) electrons. The summed E-state index contributed by atoms with van der Waals surface area (Å²) in [7, 11) is 0. The van der Waals surface area contributed by atoms with Crippen molar-refractivity contribution in [3.63, 3.8) is 0 Å². The van der Waals surface area contributed by atoms with Gasteiger partial charge < -0.3 is 10.6 Å². The van der Waals surface area contributed by atoms with Crippen LogP contribution in [0.2, 0.25) is 0 Å². The lowest BCUT2D eigenvalue weighted by atomic mass is 10.0. The first-order valence-electron chi connectivity index (χ1n) is 4.84. The summed E-state index contributed by atoms with van der Waals surface area (Å²) in [6, 6.07) is 2.41. The van der Waals surface area contributed by atoms with Gasteiger partial charge in [-0.2, -0.15) is 0 Å². The van der Waals surface area contributed by atoms with Crippen LogP contribution in [-0.2, 0) is 0 Å². The Labute approximate surface area is 68.7 Å². The van der Waals surface area contributed by atoms with Crippen LogP contribution in [0.4, 0.5) is 0 Å². The third-order valence-corrected chi connectivity index (χ3v) is 2.67. The minimum Gasteiger partial charge on any atom is -0.314 e. The normalized spacial score (nSPS) is 39.0. The van der Waals surface area contributed by atoms with Gasteiger partial charge in [-0.1, -0.05) is 0 Å². The van der Waals surface area contributed by atoms with Gasteiger partial charge in [0, 0.05) is 18.1 Å². The van der Waals surface area contributed by atoms with Gasteiger partial charge in [0.15, 0.2) is 0 Å². The molecule has 2 unspecified atom stereocenters. The third-order valence-electron chi connectivity index (χ3n) is 2.67. The maximum absolute atomic E-state index is 3.68. The van der Waals surface area contributed by atoms with E-state index in [0.717, 1.165) is 18.1 Å². The lowest BCUT2D eigenvalue weighted by Crippen LogP contribution is -2.45. The molecule has 0 bridgehead atoms. The first-order chi connectivity index (χ1) is 5.34. The molecule has 2 rings (SSSR count). The molecule has 0 spiro atoms. The Morgan fingerprint density at radius 3 is 2.64 bits per heavy atom. The van der Waals surface area contributed by atoms with Crippen LogP contribution >= 0.6 is 0 Å². The number of hydrogen-bond acceptors (Lipinski definition) is 2. The highest BCUT2D eigenvalue weighted by atomic mass is 15.0. The monoisotopic (exact) mass is 154 g/mol. The molecule has 11 heavy (non-hydrogen) atoms. The summed E-state index contributed by atoms with van der Waals surface area (Å²) in [5.74, 6) is 0. The third kappa shape index (κ3) is 2.17. The Hall–Kier alpha value is -0.0800. The number of hydrogen-bond donors (Lipinski definition) is 2. The molecule has 0 aromatic heterocycles. The van der Waals surface area contributed by atoms with Crippen molar-refractivity contribution in [2.75, 3.05) is 6.54 Å². The maximum atomic E-state index is 3.68. The second kappa shape index (κ2) is 3.11. The number of nitrogens with one attached hydrogen (secondary N) is 2. The van der Waals surface area contributed by atoms with Crippen molar-refractivity contribution in [2.24, 2.45) is 0 Å². The zero-order valence-corrected chi connectivity index (χ0v) is 7.27. The smallest absolute Gasteiger partial charge is 0.00964 e. The largest absolute Gasteiger partial charge is 0.314 e. The summed E-state index contributed by atoms with van der Waals surface area (Å²) in [4.78, 5) is 0. The molecule has 1 aliphatic heterocycles. The van der Waals surface area contributed by atoms with Crippen molar-refractivity contribution in [1.29, 1.82) is 0 Å². The molecule has 0 aromatic rings. The van der Waals surface area contributed by atoms with Crippen LogP contribution < -0.4 is 10.6 Å². The fraction of sp³-hybridized carbons (Fsp3) is 1.00. The van der Waals surface area contributed by atoms with Crippen molar-refractivity contribution in [3.05, 3.63) is 0 Å². The van der Waals surface area contributed by atoms with Gasteiger partial charge in [0.05, 0.1) is 0 Å². The second-order valence-electron chi connectivity index (χ2n) is 4.02. The average molecular weight is 154 g/mol. The first-order valence-corrected chi connectivity index (χ1v) is 4.84. The van der Waals surface area contributed by atoms with E-state index in [2.05, 4.69) is 17.6 Å². The Kier molecular flexibility index (Phi) is 2.14. The molecule has 0 aromatic carbocycles. The van der Waals surface area contributed by atoms with E-state index in [1.807, 2.05) is 0 Å². The topological polar surface area (TPSA) is 24.1 Å². The SMILES string of the molecule is CC1CC(NC2CC2)CCN1. The Balaban J connectivity index is 1.73. The summed E-state index contributed by atoms with van der Waals surface area (Å²) < 4.78 is 0. The molecule has 1 saturated carbocycles.